The van der Waals surface area contributed by atoms with E-state index in [1.807, 2.05) is 57.2 Å². The van der Waals surface area contributed by atoms with Gasteiger partial charge in [0.05, 0.1) is 22.5 Å². The molecule has 26 heavy (non-hydrogen) atoms. The third-order valence-electron chi connectivity index (χ3n) is 4.20. The molecule has 0 amide bonds. The summed E-state index contributed by atoms with van der Waals surface area (Å²) in [6, 6.07) is 11.6. The fourth-order valence-electron chi connectivity index (χ4n) is 3.00. The molecular weight excluding hydrogens is 346 g/mol. The highest BCUT2D eigenvalue weighted by atomic mass is 32.1. The maximum atomic E-state index is 12.9. The van der Waals surface area contributed by atoms with Crippen LogP contribution in [0.3, 0.4) is 0 Å². The molecule has 7 heteroatoms. The number of aromatic nitrogens is 4. The normalized spacial score (nSPS) is 11.2. The van der Waals surface area contributed by atoms with Crippen molar-refractivity contribution in [1.82, 2.24) is 19.7 Å². The molecule has 0 aliphatic heterocycles. The van der Waals surface area contributed by atoms with Gasteiger partial charge in [-0.05, 0) is 26.8 Å². The molecule has 6 nitrogen and oxygen atoms in total. The van der Waals surface area contributed by atoms with Crippen molar-refractivity contribution >= 4 is 33.1 Å². The molecule has 0 aliphatic carbocycles. The smallest absolute Gasteiger partial charge is 0.290 e. The van der Waals surface area contributed by atoms with E-state index in [2.05, 4.69) is 15.1 Å². The number of benzene rings is 1. The second-order valence-electron chi connectivity index (χ2n) is 6.17. The lowest BCUT2D eigenvalue weighted by atomic mass is 10.2. The van der Waals surface area contributed by atoms with Crippen LogP contribution in [-0.4, -0.2) is 25.7 Å². The van der Waals surface area contributed by atoms with Gasteiger partial charge in [-0.25, -0.2) is 14.6 Å². The summed E-state index contributed by atoms with van der Waals surface area (Å²) in [4.78, 5) is 23.3. The van der Waals surface area contributed by atoms with Crippen molar-refractivity contribution in [2.75, 3.05) is 5.73 Å². The molecule has 4 rings (SSSR count). The first-order valence-electron chi connectivity index (χ1n) is 8.15. The van der Waals surface area contributed by atoms with Gasteiger partial charge in [0.25, 0.3) is 5.91 Å². The van der Waals surface area contributed by atoms with E-state index in [1.54, 1.807) is 0 Å². The Morgan fingerprint density at radius 3 is 2.50 bits per heavy atom. The van der Waals surface area contributed by atoms with Crippen LogP contribution in [0.15, 0.2) is 36.4 Å². The Morgan fingerprint density at radius 2 is 1.85 bits per heavy atom. The minimum atomic E-state index is -0.239. The number of carbonyl (C=O) groups excluding carboxylic acids is 1. The van der Waals surface area contributed by atoms with Crippen LogP contribution < -0.4 is 5.73 Å². The summed E-state index contributed by atoms with van der Waals surface area (Å²) >= 11 is 1.28. The van der Waals surface area contributed by atoms with Crippen molar-refractivity contribution in [3.8, 4) is 11.4 Å². The Bertz CT molecular complexity index is 1140. The molecule has 0 saturated carbocycles. The Hall–Kier alpha value is -3.06. The fraction of sp³-hybridized carbons (Fsp3) is 0.158. The van der Waals surface area contributed by atoms with E-state index in [0.29, 0.717) is 21.2 Å². The molecule has 0 spiro atoms. The molecule has 1 aromatic carbocycles. The number of hydrogen-bond donors (Lipinski definition) is 1. The molecule has 2 N–H and O–H groups in total. The molecule has 4 aromatic rings. The van der Waals surface area contributed by atoms with Crippen molar-refractivity contribution in [2.45, 2.75) is 20.8 Å². The van der Waals surface area contributed by atoms with Crippen molar-refractivity contribution in [2.24, 2.45) is 0 Å². The van der Waals surface area contributed by atoms with Crippen molar-refractivity contribution in [1.29, 1.82) is 0 Å². The van der Waals surface area contributed by atoms with Crippen LogP contribution >= 0.6 is 11.3 Å². The van der Waals surface area contributed by atoms with Gasteiger partial charge < -0.3 is 5.73 Å². The van der Waals surface area contributed by atoms with Gasteiger partial charge in [0, 0.05) is 11.3 Å². The third kappa shape index (κ3) is 2.57. The summed E-state index contributed by atoms with van der Waals surface area (Å²) in [6.07, 6.45) is 0. The maximum absolute atomic E-state index is 12.9. The molecule has 3 aromatic heterocycles. The van der Waals surface area contributed by atoms with Crippen molar-refractivity contribution in [3.63, 3.8) is 0 Å². The van der Waals surface area contributed by atoms with Crippen LogP contribution in [0.1, 0.15) is 26.8 Å². The highest BCUT2D eigenvalue weighted by Gasteiger charge is 2.23. The van der Waals surface area contributed by atoms with Crippen LogP contribution in [0.25, 0.3) is 21.6 Å². The summed E-state index contributed by atoms with van der Waals surface area (Å²) in [7, 11) is 0. The molecule has 0 fully saturated rings. The summed E-state index contributed by atoms with van der Waals surface area (Å²) in [5.74, 6) is 0.388. The Balaban J connectivity index is 1.88. The van der Waals surface area contributed by atoms with Crippen LogP contribution in [0.2, 0.25) is 0 Å². The van der Waals surface area contributed by atoms with Gasteiger partial charge >= 0.3 is 0 Å². The van der Waals surface area contributed by atoms with E-state index in [-0.39, 0.29) is 5.91 Å². The predicted molar refractivity (Wildman–Crippen MR) is 103 cm³/mol. The van der Waals surface area contributed by atoms with Gasteiger partial charge in [0.1, 0.15) is 9.71 Å². The zero-order chi connectivity index (χ0) is 18.4. The quantitative estimate of drug-likeness (QED) is 0.586. The number of nitrogen functional groups attached to an aromatic ring is 1. The second kappa shape index (κ2) is 6.03. The predicted octanol–water partition coefficient (Wildman–Crippen LogP) is 3.75. The van der Waals surface area contributed by atoms with E-state index < -0.39 is 0 Å². The van der Waals surface area contributed by atoms with E-state index in [1.165, 1.54) is 16.0 Å². The van der Waals surface area contributed by atoms with E-state index in [9.17, 15) is 4.79 Å². The summed E-state index contributed by atoms with van der Waals surface area (Å²) in [5.41, 5.74) is 9.96. The number of nitrogens with zero attached hydrogens (tertiary/aromatic N) is 4. The minimum Gasteiger partial charge on any atom is -0.397 e. The SMILES string of the molecule is Cc1cc(C)n(C(=O)c2sc3nc(-c4ccccc4)nc(C)c3c2N)n1. The molecule has 0 radical (unpaired) electrons. The molecule has 0 atom stereocenters. The number of aryl methyl sites for hydroxylation is 3. The zero-order valence-electron chi connectivity index (χ0n) is 14.6. The number of fused-ring (bicyclic) bond motifs is 1. The number of carbonyl (C=O) groups is 1. The number of rotatable bonds is 2. The summed E-state index contributed by atoms with van der Waals surface area (Å²) in [6.45, 7) is 5.59. The topological polar surface area (TPSA) is 86.7 Å². The average Bonchev–Trinajstić information content (AvgIpc) is 3.14. The molecule has 0 aliphatic rings. The van der Waals surface area contributed by atoms with Crippen molar-refractivity contribution in [3.05, 3.63) is 58.4 Å². The fourth-order valence-corrected chi connectivity index (χ4v) is 4.07. The summed E-state index contributed by atoms with van der Waals surface area (Å²) in [5, 5.41) is 5.00. The highest BCUT2D eigenvalue weighted by Crippen LogP contribution is 2.36. The summed E-state index contributed by atoms with van der Waals surface area (Å²) < 4.78 is 1.39. The largest absolute Gasteiger partial charge is 0.397 e. The van der Waals surface area contributed by atoms with E-state index in [0.717, 1.165) is 28.0 Å². The Kier molecular flexibility index (Phi) is 3.81. The van der Waals surface area contributed by atoms with Gasteiger partial charge in [0.15, 0.2) is 5.82 Å². The van der Waals surface area contributed by atoms with Crippen LogP contribution in [-0.2, 0) is 0 Å². The molecule has 0 unspecified atom stereocenters. The zero-order valence-corrected chi connectivity index (χ0v) is 15.5. The van der Waals surface area contributed by atoms with Gasteiger partial charge in [-0.15, -0.1) is 11.3 Å². The first-order valence-corrected chi connectivity index (χ1v) is 8.97. The number of thiophene rings is 1. The molecule has 130 valence electrons. The van der Waals surface area contributed by atoms with Gasteiger partial charge in [-0.2, -0.15) is 5.10 Å². The van der Waals surface area contributed by atoms with Gasteiger partial charge in [0.2, 0.25) is 0 Å². The van der Waals surface area contributed by atoms with Crippen LogP contribution in [0.5, 0.6) is 0 Å². The molecule has 0 saturated heterocycles. The average molecular weight is 363 g/mol. The monoisotopic (exact) mass is 363 g/mol. The lowest BCUT2D eigenvalue weighted by Gasteiger charge is -2.03. The van der Waals surface area contributed by atoms with E-state index >= 15 is 0 Å². The van der Waals surface area contributed by atoms with Crippen molar-refractivity contribution < 1.29 is 4.79 Å². The second-order valence-corrected chi connectivity index (χ2v) is 7.17. The standard InChI is InChI=1S/C19H17N5OS/c1-10-9-11(2)24(23-10)19(25)16-15(20)14-12(3)21-17(22-18(14)26-16)13-7-5-4-6-8-13/h4-9H,20H2,1-3H3. The lowest BCUT2D eigenvalue weighted by Crippen LogP contribution is -2.15. The minimum absolute atomic E-state index is 0.239. The van der Waals surface area contributed by atoms with Gasteiger partial charge in [-0.3, -0.25) is 4.79 Å². The molecule has 3 heterocycles. The maximum Gasteiger partial charge on any atom is 0.290 e. The first kappa shape index (κ1) is 16.4. The van der Waals surface area contributed by atoms with Crippen LogP contribution in [0.4, 0.5) is 5.69 Å². The van der Waals surface area contributed by atoms with Gasteiger partial charge in [-0.1, -0.05) is 30.3 Å². The number of nitrogens with two attached hydrogens (primary N) is 1. The Morgan fingerprint density at radius 1 is 1.12 bits per heavy atom. The first-order chi connectivity index (χ1) is 12.5. The number of anilines is 1. The molecular formula is C19H17N5OS. The number of hydrogen-bond acceptors (Lipinski definition) is 6. The van der Waals surface area contributed by atoms with Crippen LogP contribution in [0, 0.1) is 20.8 Å². The third-order valence-corrected chi connectivity index (χ3v) is 5.29. The molecule has 0 bridgehead atoms. The Labute approximate surface area is 154 Å². The lowest BCUT2D eigenvalue weighted by molar-refractivity contribution is 0.0947. The van der Waals surface area contributed by atoms with E-state index in [4.69, 9.17) is 5.73 Å². The highest BCUT2D eigenvalue weighted by molar-refractivity contribution is 7.21.